The summed E-state index contributed by atoms with van der Waals surface area (Å²) in [6.07, 6.45) is 5.59. The third-order valence-electron chi connectivity index (χ3n) is 2.51. The topological polar surface area (TPSA) is 3.24 Å². The predicted octanol–water partition coefficient (Wildman–Crippen LogP) is 3.89. The molecule has 1 rings (SSSR count). The Kier molecular flexibility index (Phi) is 3.28. The summed E-state index contributed by atoms with van der Waals surface area (Å²) in [7, 11) is 0. The van der Waals surface area contributed by atoms with Gasteiger partial charge in [-0.05, 0) is 32.4 Å². The van der Waals surface area contributed by atoms with Crippen molar-refractivity contribution in [1.82, 2.24) is 4.90 Å². The van der Waals surface area contributed by atoms with Crippen molar-refractivity contribution < 1.29 is 4.39 Å². The Morgan fingerprint density at radius 3 is 2.64 bits per heavy atom. The van der Waals surface area contributed by atoms with Gasteiger partial charge in [0.2, 0.25) is 0 Å². The van der Waals surface area contributed by atoms with Gasteiger partial charge < -0.3 is 4.90 Å². The van der Waals surface area contributed by atoms with E-state index in [2.05, 4.69) is 20.4 Å². The Hall–Kier alpha value is -1.31. The molecular weight excluding hydrogens is 177 g/mol. The van der Waals surface area contributed by atoms with E-state index in [4.69, 9.17) is 0 Å². The fourth-order valence-corrected chi connectivity index (χ4v) is 1.31. The monoisotopic (exact) mass is 193 g/mol. The molecule has 2 heteroatoms. The molecule has 0 bridgehead atoms. The highest BCUT2D eigenvalue weighted by Crippen LogP contribution is 2.23. The summed E-state index contributed by atoms with van der Waals surface area (Å²) in [5.74, 6) is -0.242. The Labute approximate surface area is 84.9 Å². The van der Waals surface area contributed by atoms with Crippen LogP contribution >= 0.6 is 0 Å². The zero-order valence-corrected chi connectivity index (χ0v) is 8.97. The van der Waals surface area contributed by atoms with Gasteiger partial charge in [0.1, 0.15) is 5.83 Å². The lowest BCUT2D eigenvalue weighted by molar-refractivity contribution is 0.555. The lowest BCUT2D eigenvalue weighted by Gasteiger charge is -2.25. The molecule has 0 aromatic rings. The van der Waals surface area contributed by atoms with Gasteiger partial charge in [0.25, 0.3) is 0 Å². The number of halogens is 1. The van der Waals surface area contributed by atoms with Crippen LogP contribution in [0.25, 0.3) is 0 Å². The summed E-state index contributed by atoms with van der Waals surface area (Å²) in [6.45, 7) is 10.0. The van der Waals surface area contributed by atoms with Crippen molar-refractivity contribution >= 4 is 0 Å². The summed E-state index contributed by atoms with van der Waals surface area (Å²) >= 11 is 0. The van der Waals surface area contributed by atoms with Gasteiger partial charge in [0.05, 0.1) is 0 Å². The van der Waals surface area contributed by atoms with E-state index in [9.17, 15) is 4.39 Å². The van der Waals surface area contributed by atoms with Gasteiger partial charge in [0.15, 0.2) is 0 Å². The third kappa shape index (κ3) is 2.13. The average molecular weight is 193 g/mol. The zero-order chi connectivity index (χ0) is 10.7. The minimum atomic E-state index is -0.242. The highest BCUT2D eigenvalue weighted by atomic mass is 19.1. The van der Waals surface area contributed by atoms with E-state index >= 15 is 0 Å². The molecule has 0 atom stereocenters. The molecule has 0 fully saturated rings. The predicted molar refractivity (Wildman–Crippen MR) is 58.0 cm³/mol. The molecule has 0 saturated heterocycles. The Morgan fingerprint density at radius 2 is 2.14 bits per heavy atom. The molecule has 14 heavy (non-hydrogen) atoms. The quantitative estimate of drug-likeness (QED) is 0.643. The average Bonchev–Trinajstić information content (AvgIpc) is 2.15. The summed E-state index contributed by atoms with van der Waals surface area (Å²) in [4.78, 5) is 1.90. The molecule has 0 aliphatic carbocycles. The first-order valence-corrected chi connectivity index (χ1v) is 4.76. The van der Waals surface area contributed by atoms with Crippen molar-refractivity contribution in [2.24, 2.45) is 0 Å². The molecule has 1 aliphatic heterocycles. The first kappa shape index (κ1) is 10.8. The minimum absolute atomic E-state index is 0.242. The van der Waals surface area contributed by atoms with Crippen LogP contribution in [0.5, 0.6) is 0 Å². The van der Waals surface area contributed by atoms with Crippen molar-refractivity contribution in [3.05, 3.63) is 47.7 Å². The largest absolute Gasteiger partial charge is 0.322 e. The van der Waals surface area contributed by atoms with Crippen LogP contribution in [-0.2, 0) is 0 Å². The molecule has 0 aromatic carbocycles. The summed E-state index contributed by atoms with van der Waals surface area (Å²) in [6, 6.07) is 0. The smallest absolute Gasteiger partial charge is 0.126 e. The van der Waals surface area contributed by atoms with Gasteiger partial charge in [-0.3, -0.25) is 0 Å². The van der Waals surface area contributed by atoms with Crippen LogP contribution in [0.3, 0.4) is 0 Å². The molecule has 1 nitrogen and oxygen atoms in total. The van der Waals surface area contributed by atoms with Crippen molar-refractivity contribution in [2.75, 3.05) is 0 Å². The molecule has 0 amide bonds. The molecule has 0 aromatic heterocycles. The van der Waals surface area contributed by atoms with Crippen LogP contribution in [0, 0.1) is 0 Å². The zero-order valence-electron chi connectivity index (χ0n) is 8.97. The maximum atomic E-state index is 12.8. The fourth-order valence-electron chi connectivity index (χ4n) is 1.31. The highest BCUT2D eigenvalue weighted by Gasteiger charge is 2.11. The molecule has 76 valence electrons. The maximum Gasteiger partial charge on any atom is 0.126 e. The maximum absolute atomic E-state index is 12.8. The van der Waals surface area contributed by atoms with E-state index in [-0.39, 0.29) is 5.83 Å². The number of hydrogen-bond donors (Lipinski definition) is 0. The number of rotatable bonds is 2. The third-order valence-corrected chi connectivity index (χ3v) is 2.51. The molecule has 0 N–H and O–H groups in total. The van der Waals surface area contributed by atoms with E-state index in [1.807, 2.05) is 11.8 Å². The normalized spacial score (nSPS) is 18.1. The molecule has 0 radical (unpaired) electrons. The van der Waals surface area contributed by atoms with Crippen molar-refractivity contribution in [3.63, 3.8) is 0 Å². The molecule has 0 unspecified atom stereocenters. The van der Waals surface area contributed by atoms with Crippen LogP contribution in [0.2, 0.25) is 0 Å². The van der Waals surface area contributed by atoms with Crippen molar-refractivity contribution in [2.45, 2.75) is 27.2 Å². The second-order valence-corrected chi connectivity index (χ2v) is 3.43. The van der Waals surface area contributed by atoms with Gasteiger partial charge in [-0.15, -0.1) is 0 Å². The standard InChI is InChI=1S/C12H16FN/c1-5-9(2)11(4)14-7-6-12(13)8-10(14)3/h6-8H,3,5H2,1-2,4H3/b11-9+. The van der Waals surface area contributed by atoms with E-state index in [1.54, 1.807) is 6.20 Å². The number of allylic oxidation sites excluding steroid dienone is 5. The van der Waals surface area contributed by atoms with Crippen LogP contribution in [0.15, 0.2) is 47.7 Å². The second kappa shape index (κ2) is 4.27. The van der Waals surface area contributed by atoms with Crippen molar-refractivity contribution in [1.29, 1.82) is 0 Å². The van der Waals surface area contributed by atoms with E-state index in [0.717, 1.165) is 12.1 Å². The number of hydrogen-bond acceptors (Lipinski definition) is 1. The Morgan fingerprint density at radius 1 is 1.50 bits per heavy atom. The minimum Gasteiger partial charge on any atom is -0.322 e. The lowest BCUT2D eigenvalue weighted by atomic mass is 10.1. The second-order valence-electron chi connectivity index (χ2n) is 3.43. The highest BCUT2D eigenvalue weighted by molar-refractivity contribution is 5.34. The summed E-state index contributed by atoms with van der Waals surface area (Å²) in [5.41, 5.74) is 3.08. The fraction of sp³-hybridized carbons (Fsp3) is 0.333. The molecule has 0 saturated carbocycles. The lowest BCUT2D eigenvalue weighted by Crippen LogP contribution is -2.15. The first-order chi connectivity index (χ1) is 6.56. The van der Waals surface area contributed by atoms with Crippen LogP contribution in [0.1, 0.15) is 27.2 Å². The van der Waals surface area contributed by atoms with Crippen LogP contribution in [-0.4, -0.2) is 4.90 Å². The Bertz CT molecular complexity index is 334. The van der Waals surface area contributed by atoms with E-state index < -0.39 is 0 Å². The van der Waals surface area contributed by atoms with Gasteiger partial charge >= 0.3 is 0 Å². The van der Waals surface area contributed by atoms with E-state index in [1.165, 1.54) is 17.7 Å². The van der Waals surface area contributed by atoms with Crippen LogP contribution in [0.4, 0.5) is 4.39 Å². The molecular formula is C12H16FN. The molecule has 1 heterocycles. The van der Waals surface area contributed by atoms with Crippen LogP contribution < -0.4 is 0 Å². The summed E-state index contributed by atoms with van der Waals surface area (Å²) < 4.78 is 12.8. The molecule has 0 spiro atoms. The molecule has 1 aliphatic rings. The van der Waals surface area contributed by atoms with Gasteiger partial charge in [-0.2, -0.15) is 0 Å². The van der Waals surface area contributed by atoms with Gasteiger partial charge in [-0.25, -0.2) is 4.39 Å². The van der Waals surface area contributed by atoms with Gasteiger partial charge in [-0.1, -0.05) is 19.1 Å². The summed E-state index contributed by atoms with van der Waals surface area (Å²) in [5, 5.41) is 0. The van der Waals surface area contributed by atoms with Gasteiger partial charge in [0, 0.05) is 17.6 Å². The first-order valence-electron chi connectivity index (χ1n) is 4.76. The SMILES string of the molecule is C=C1C=C(F)C=CN1/C(C)=C(\C)CC. The Balaban J connectivity index is 2.93. The number of nitrogens with zero attached hydrogens (tertiary/aromatic N) is 1. The van der Waals surface area contributed by atoms with E-state index in [0.29, 0.717) is 5.70 Å². The van der Waals surface area contributed by atoms with Crippen molar-refractivity contribution in [3.8, 4) is 0 Å².